The van der Waals surface area contributed by atoms with Gasteiger partial charge in [-0.25, -0.2) is 9.97 Å². The van der Waals surface area contributed by atoms with Crippen LogP contribution in [0.15, 0.2) is 71.7 Å². The molecule has 2 aromatic carbocycles. The minimum atomic E-state index is -0.0667. The van der Waals surface area contributed by atoms with Crippen molar-refractivity contribution >= 4 is 51.3 Å². The number of piperazine rings is 1. The topological polar surface area (TPSA) is 78.9 Å². The second-order valence-corrected chi connectivity index (χ2v) is 9.00. The quantitative estimate of drug-likeness (QED) is 0.379. The summed E-state index contributed by atoms with van der Waals surface area (Å²) in [5.74, 6) is 1.01. The third-order valence-corrected chi connectivity index (χ3v) is 6.78. The van der Waals surface area contributed by atoms with Crippen LogP contribution in [0, 0.1) is 6.92 Å². The average Bonchev–Trinajstić information content (AvgIpc) is 3.59. The van der Waals surface area contributed by atoms with Gasteiger partial charge >= 0.3 is 0 Å². The monoisotopic (exact) mass is 486 g/mol. The van der Waals surface area contributed by atoms with Crippen LogP contribution in [0.1, 0.15) is 16.1 Å². The van der Waals surface area contributed by atoms with Crippen LogP contribution < -0.4 is 10.2 Å². The minimum absolute atomic E-state index is 0.0667. The maximum atomic E-state index is 12.6. The molecule has 1 amide bonds. The van der Waals surface area contributed by atoms with E-state index in [-0.39, 0.29) is 5.91 Å². The molecule has 0 saturated carbocycles. The van der Waals surface area contributed by atoms with E-state index in [9.17, 15) is 4.79 Å². The Hall–Kier alpha value is -4.04. The highest BCUT2D eigenvalue weighted by Gasteiger charge is 2.24. The van der Waals surface area contributed by atoms with Crippen LogP contribution in [0.2, 0.25) is 5.02 Å². The first-order chi connectivity index (χ1) is 17.1. The van der Waals surface area contributed by atoms with Crippen LogP contribution in [0.4, 0.5) is 17.2 Å². The molecular formula is C26H23ClN6O2. The highest BCUT2D eigenvalue weighted by Crippen LogP contribution is 2.32. The lowest BCUT2D eigenvalue weighted by Gasteiger charge is -2.35. The molecular weight excluding hydrogens is 464 g/mol. The molecule has 0 radical (unpaired) electrons. The summed E-state index contributed by atoms with van der Waals surface area (Å²) in [6.45, 7) is 4.73. The number of nitrogens with one attached hydrogen (secondary N) is 1. The fraction of sp³-hybridized carbons (Fsp3) is 0.192. The van der Waals surface area contributed by atoms with Crippen molar-refractivity contribution in [3.8, 4) is 0 Å². The van der Waals surface area contributed by atoms with E-state index in [1.165, 1.54) is 6.26 Å². The SMILES string of the molecule is Cc1cccc(Cl)c1Nc1nc2cc(N3CCN(C(=O)c4ccco4)CC3)ccc2n2cncc12. The van der Waals surface area contributed by atoms with Crippen molar-refractivity contribution in [3.63, 3.8) is 0 Å². The van der Waals surface area contributed by atoms with E-state index >= 15 is 0 Å². The lowest BCUT2D eigenvalue weighted by Crippen LogP contribution is -2.48. The van der Waals surface area contributed by atoms with Crippen molar-refractivity contribution in [2.75, 3.05) is 36.4 Å². The van der Waals surface area contributed by atoms with Crippen molar-refractivity contribution in [1.29, 1.82) is 0 Å². The molecule has 5 aromatic rings. The van der Waals surface area contributed by atoms with Gasteiger partial charge < -0.3 is 19.5 Å². The second kappa shape index (κ2) is 8.63. The van der Waals surface area contributed by atoms with Gasteiger partial charge in [0.15, 0.2) is 11.6 Å². The number of hydrogen-bond acceptors (Lipinski definition) is 6. The van der Waals surface area contributed by atoms with Gasteiger partial charge in [-0.05, 0) is 48.9 Å². The van der Waals surface area contributed by atoms with Crippen molar-refractivity contribution in [3.05, 3.63) is 83.7 Å². The zero-order chi connectivity index (χ0) is 23.9. The van der Waals surface area contributed by atoms with E-state index in [1.807, 2.05) is 34.4 Å². The third-order valence-electron chi connectivity index (χ3n) is 6.46. The van der Waals surface area contributed by atoms with E-state index in [4.69, 9.17) is 21.0 Å². The van der Waals surface area contributed by atoms with Gasteiger partial charge in [0.1, 0.15) is 5.52 Å². The van der Waals surface area contributed by atoms with E-state index in [0.717, 1.165) is 46.6 Å². The summed E-state index contributed by atoms with van der Waals surface area (Å²) < 4.78 is 7.30. The Bertz CT molecular complexity index is 1520. The van der Waals surface area contributed by atoms with E-state index in [0.29, 0.717) is 29.7 Å². The Kier molecular flexibility index (Phi) is 5.30. The lowest BCUT2D eigenvalue weighted by molar-refractivity contribution is 0.0714. The van der Waals surface area contributed by atoms with Gasteiger partial charge in [0.25, 0.3) is 5.91 Å². The number of carbonyl (C=O) groups excluding carboxylic acids is 1. The number of aryl methyl sites for hydroxylation is 1. The number of benzene rings is 2. The van der Waals surface area contributed by atoms with Crippen molar-refractivity contribution in [2.45, 2.75) is 6.92 Å². The first-order valence-corrected chi connectivity index (χ1v) is 11.8. The molecule has 1 aliphatic heterocycles. The molecule has 176 valence electrons. The van der Waals surface area contributed by atoms with Gasteiger partial charge in [-0.3, -0.25) is 9.20 Å². The summed E-state index contributed by atoms with van der Waals surface area (Å²) in [4.78, 5) is 26.0. The normalized spacial score (nSPS) is 14.1. The molecule has 4 heterocycles. The molecule has 1 fully saturated rings. The number of furan rings is 1. The molecule has 1 aliphatic rings. The van der Waals surface area contributed by atoms with Crippen LogP contribution in [-0.4, -0.2) is 51.4 Å². The molecule has 0 bridgehead atoms. The standard InChI is InChI=1S/C26H23ClN6O2/c1-17-4-2-5-19(27)24(17)30-25-22-15-28-16-33(22)21-8-7-18(14-20(21)29-25)31-9-11-32(12-10-31)26(34)23-6-3-13-35-23/h2-8,13-16H,9-12H2,1H3,(H,29,30). The van der Waals surface area contributed by atoms with E-state index in [2.05, 4.69) is 33.4 Å². The lowest BCUT2D eigenvalue weighted by atomic mass is 10.2. The predicted octanol–water partition coefficient (Wildman–Crippen LogP) is 5.14. The number of aromatic nitrogens is 3. The molecule has 1 N–H and O–H groups in total. The second-order valence-electron chi connectivity index (χ2n) is 8.60. The number of halogens is 1. The molecule has 0 spiro atoms. The number of carbonyl (C=O) groups is 1. The van der Waals surface area contributed by atoms with Gasteiger partial charge in [-0.2, -0.15) is 0 Å². The highest BCUT2D eigenvalue weighted by atomic mass is 35.5. The molecule has 6 rings (SSSR count). The molecule has 0 unspecified atom stereocenters. The molecule has 9 heteroatoms. The number of fused-ring (bicyclic) bond motifs is 3. The van der Waals surface area contributed by atoms with Gasteiger partial charge in [0.05, 0.1) is 40.5 Å². The van der Waals surface area contributed by atoms with Crippen LogP contribution in [-0.2, 0) is 0 Å². The number of imidazole rings is 1. The fourth-order valence-electron chi connectivity index (χ4n) is 4.57. The highest BCUT2D eigenvalue weighted by molar-refractivity contribution is 6.33. The summed E-state index contributed by atoms with van der Waals surface area (Å²) in [6.07, 6.45) is 5.12. The van der Waals surface area contributed by atoms with Gasteiger partial charge in [-0.15, -0.1) is 0 Å². The molecule has 35 heavy (non-hydrogen) atoms. The van der Waals surface area contributed by atoms with Crippen LogP contribution in [0.25, 0.3) is 16.6 Å². The third kappa shape index (κ3) is 3.85. The number of amides is 1. The van der Waals surface area contributed by atoms with E-state index < -0.39 is 0 Å². The Morgan fingerprint density at radius 2 is 1.91 bits per heavy atom. The number of nitrogens with zero attached hydrogens (tertiary/aromatic N) is 5. The number of anilines is 3. The van der Waals surface area contributed by atoms with E-state index in [1.54, 1.807) is 24.7 Å². The summed E-state index contributed by atoms with van der Waals surface area (Å²) in [5, 5.41) is 4.06. The number of rotatable bonds is 4. The van der Waals surface area contributed by atoms with Crippen LogP contribution in [0.3, 0.4) is 0 Å². The minimum Gasteiger partial charge on any atom is -0.459 e. The van der Waals surface area contributed by atoms with Crippen molar-refractivity contribution in [2.24, 2.45) is 0 Å². The summed E-state index contributed by atoms with van der Waals surface area (Å²) >= 11 is 6.46. The largest absolute Gasteiger partial charge is 0.459 e. The Labute approximate surface area is 206 Å². The van der Waals surface area contributed by atoms with Crippen LogP contribution in [0.5, 0.6) is 0 Å². The first kappa shape index (κ1) is 21.5. The van der Waals surface area contributed by atoms with Gasteiger partial charge in [0.2, 0.25) is 0 Å². The summed E-state index contributed by atoms with van der Waals surface area (Å²) in [6, 6.07) is 15.5. The first-order valence-electron chi connectivity index (χ1n) is 11.4. The molecule has 8 nitrogen and oxygen atoms in total. The molecule has 0 aliphatic carbocycles. The molecule has 0 atom stereocenters. The number of para-hydroxylation sites is 1. The smallest absolute Gasteiger partial charge is 0.289 e. The molecule has 3 aromatic heterocycles. The summed E-state index contributed by atoms with van der Waals surface area (Å²) in [5.41, 5.74) is 5.61. The van der Waals surface area contributed by atoms with Crippen LogP contribution >= 0.6 is 11.6 Å². The number of hydrogen-bond donors (Lipinski definition) is 1. The van der Waals surface area contributed by atoms with Crippen molar-refractivity contribution in [1.82, 2.24) is 19.3 Å². The fourth-order valence-corrected chi connectivity index (χ4v) is 4.84. The summed E-state index contributed by atoms with van der Waals surface area (Å²) in [7, 11) is 0. The maximum Gasteiger partial charge on any atom is 0.289 e. The van der Waals surface area contributed by atoms with Gasteiger partial charge in [0, 0.05) is 31.9 Å². The zero-order valence-electron chi connectivity index (χ0n) is 19.1. The average molecular weight is 487 g/mol. The maximum absolute atomic E-state index is 12.6. The van der Waals surface area contributed by atoms with Crippen molar-refractivity contribution < 1.29 is 9.21 Å². The predicted molar refractivity (Wildman–Crippen MR) is 137 cm³/mol. The Morgan fingerprint density at radius 3 is 2.69 bits per heavy atom. The zero-order valence-corrected chi connectivity index (χ0v) is 19.9. The Morgan fingerprint density at radius 1 is 1.06 bits per heavy atom. The molecule has 1 saturated heterocycles. The van der Waals surface area contributed by atoms with Gasteiger partial charge in [-0.1, -0.05) is 23.7 Å². The Balaban J connectivity index is 1.30.